The predicted molar refractivity (Wildman–Crippen MR) is 92.6 cm³/mol. The van der Waals surface area contributed by atoms with Gasteiger partial charge >= 0.3 is 6.09 Å². The van der Waals surface area contributed by atoms with Crippen LogP contribution in [0, 0.1) is 6.92 Å². The summed E-state index contributed by atoms with van der Waals surface area (Å²) >= 11 is 11.8. The number of rotatable bonds is 2. The average molecular weight is 347 g/mol. The van der Waals surface area contributed by atoms with Crippen molar-refractivity contribution in [1.29, 1.82) is 0 Å². The van der Waals surface area contributed by atoms with E-state index in [9.17, 15) is 4.79 Å². The number of benzene rings is 2. The fraction of sp³-hybridized carbons (Fsp3) is 0.0588. The zero-order valence-electron chi connectivity index (χ0n) is 12.1. The van der Waals surface area contributed by atoms with Gasteiger partial charge in [-0.2, -0.15) is 0 Å². The van der Waals surface area contributed by atoms with Gasteiger partial charge in [-0.05, 0) is 37.3 Å². The van der Waals surface area contributed by atoms with Crippen molar-refractivity contribution >= 4 is 45.9 Å². The molecule has 6 heteroatoms. The van der Waals surface area contributed by atoms with Gasteiger partial charge in [0.1, 0.15) is 5.52 Å². The molecule has 1 heterocycles. The molecule has 0 atom stereocenters. The van der Waals surface area contributed by atoms with E-state index in [1.807, 2.05) is 25.1 Å². The zero-order chi connectivity index (χ0) is 16.4. The van der Waals surface area contributed by atoms with Crippen LogP contribution in [0.1, 0.15) is 5.69 Å². The van der Waals surface area contributed by atoms with Crippen LogP contribution in [0.5, 0.6) is 5.75 Å². The summed E-state index contributed by atoms with van der Waals surface area (Å²) in [6.45, 7) is 1.88. The Kier molecular flexibility index (Phi) is 4.37. The Morgan fingerprint density at radius 3 is 2.70 bits per heavy atom. The number of aryl methyl sites for hydroxylation is 1. The molecule has 0 saturated heterocycles. The lowest BCUT2D eigenvalue weighted by atomic mass is 10.2. The van der Waals surface area contributed by atoms with E-state index < -0.39 is 6.09 Å². The number of carbonyl (C=O) groups is 1. The van der Waals surface area contributed by atoms with Crippen LogP contribution >= 0.6 is 23.2 Å². The van der Waals surface area contributed by atoms with E-state index in [-0.39, 0.29) is 0 Å². The van der Waals surface area contributed by atoms with Gasteiger partial charge in [-0.3, -0.25) is 5.32 Å². The maximum absolute atomic E-state index is 12.1. The first-order chi connectivity index (χ1) is 11.0. The van der Waals surface area contributed by atoms with Crippen molar-refractivity contribution in [3.8, 4) is 5.75 Å². The molecule has 0 fully saturated rings. The topological polar surface area (TPSA) is 51.2 Å². The van der Waals surface area contributed by atoms with Crippen molar-refractivity contribution in [2.24, 2.45) is 0 Å². The van der Waals surface area contributed by atoms with Crippen molar-refractivity contribution in [3.05, 3.63) is 64.3 Å². The Morgan fingerprint density at radius 1 is 1.09 bits per heavy atom. The van der Waals surface area contributed by atoms with Crippen LogP contribution in [0.25, 0.3) is 10.9 Å². The molecule has 4 nitrogen and oxygen atoms in total. The van der Waals surface area contributed by atoms with E-state index in [1.54, 1.807) is 30.3 Å². The van der Waals surface area contributed by atoms with Crippen molar-refractivity contribution < 1.29 is 9.53 Å². The lowest BCUT2D eigenvalue weighted by Crippen LogP contribution is -2.17. The molecule has 3 rings (SSSR count). The number of nitrogens with one attached hydrogen (secondary N) is 1. The summed E-state index contributed by atoms with van der Waals surface area (Å²) in [6, 6.07) is 14.0. The summed E-state index contributed by atoms with van der Waals surface area (Å²) in [5.74, 6) is 0.392. The van der Waals surface area contributed by atoms with Gasteiger partial charge in [-0.1, -0.05) is 41.4 Å². The summed E-state index contributed by atoms with van der Waals surface area (Å²) in [6.07, 6.45) is -0.626. The highest BCUT2D eigenvalue weighted by Gasteiger charge is 2.10. The highest BCUT2D eigenvalue weighted by atomic mass is 35.5. The number of ether oxygens (including phenoxy) is 1. The van der Waals surface area contributed by atoms with Crippen LogP contribution in [-0.2, 0) is 0 Å². The molecule has 23 heavy (non-hydrogen) atoms. The number of carbonyl (C=O) groups excluding carboxylic acids is 1. The van der Waals surface area contributed by atoms with E-state index in [2.05, 4.69) is 10.3 Å². The van der Waals surface area contributed by atoms with Crippen LogP contribution in [0.2, 0.25) is 10.0 Å². The van der Waals surface area contributed by atoms with Crippen LogP contribution < -0.4 is 10.1 Å². The van der Waals surface area contributed by atoms with E-state index in [0.29, 0.717) is 27.0 Å². The largest absolute Gasteiger partial charge is 0.417 e. The minimum absolute atomic E-state index is 0.354. The molecule has 0 aliphatic heterocycles. The van der Waals surface area contributed by atoms with Crippen LogP contribution in [0.4, 0.5) is 10.5 Å². The zero-order valence-corrected chi connectivity index (χ0v) is 13.7. The number of pyridine rings is 1. The number of anilines is 1. The quantitative estimate of drug-likeness (QED) is 0.670. The first-order valence-electron chi connectivity index (χ1n) is 6.83. The minimum Gasteiger partial charge on any atom is -0.408 e. The number of halogens is 2. The van der Waals surface area contributed by atoms with Crippen molar-refractivity contribution in [3.63, 3.8) is 0 Å². The third-order valence-electron chi connectivity index (χ3n) is 3.19. The predicted octanol–water partition coefficient (Wildman–Crippen LogP) is 5.46. The van der Waals surface area contributed by atoms with E-state index >= 15 is 0 Å². The number of para-hydroxylation sites is 1. The highest BCUT2D eigenvalue weighted by molar-refractivity contribution is 6.42. The van der Waals surface area contributed by atoms with E-state index in [0.717, 1.165) is 11.1 Å². The Balaban J connectivity index is 1.82. The molecule has 0 bridgehead atoms. The monoisotopic (exact) mass is 346 g/mol. The van der Waals surface area contributed by atoms with Gasteiger partial charge in [0.15, 0.2) is 5.75 Å². The maximum Gasteiger partial charge on any atom is 0.417 e. The minimum atomic E-state index is -0.626. The highest BCUT2D eigenvalue weighted by Crippen LogP contribution is 2.26. The molecule has 116 valence electrons. The third-order valence-corrected chi connectivity index (χ3v) is 3.93. The standard InChI is InChI=1S/C17H12Cl2N2O2/c1-10-5-6-11-3-2-4-15(16(11)20-10)23-17(22)21-12-7-8-13(18)14(19)9-12/h2-9H,1H3,(H,21,22). The molecule has 2 aromatic carbocycles. The normalized spacial score (nSPS) is 10.6. The Hall–Kier alpha value is -2.30. The second-order valence-electron chi connectivity index (χ2n) is 4.92. The van der Waals surface area contributed by atoms with Gasteiger partial charge < -0.3 is 4.74 Å². The van der Waals surface area contributed by atoms with Gasteiger partial charge in [0, 0.05) is 16.8 Å². The van der Waals surface area contributed by atoms with E-state index in [4.69, 9.17) is 27.9 Å². The van der Waals surface area contributed by atoms with E-state index in [1.165, 1.54) is 0 Å². The molecule has 0 spiro atoms. The fourth-order valence-electron chi connectivity index (χ4n) is 2.12. The lowest BCUT2D eigenvalue weighted by molar-refractivity contribution is 0.215. The number of nitrogens with zero attached hydrogens (tertiary/aromatic N) is 1. The number of aromatic nitrogens is 1. The van der Waals surface area contributed by atoms with Crippen LogP contribution in [0.3, 0.4) is 0 Å². The summed E-state index contributed by atoms with van der Waals surface area (Å²) in [5, 5.41) is 4.27. The van der Waals surface area contributed by atoms with Crippen molar-refractivity contribution in [2.45, 2.75) is 6.92 Å². The van der Waals surface area contributed by atoms with Gasteiger partial charge in [-0.25, -0.2) is 9.78 Å². The maximum atomic E-state index is 12.1. The number of hydrogen-bond donors (Lipinski definition) is 1. The SMILES string of the molecule is Cc1ccc2cccc(OC(=O)Nc3ccc(Cl)c(Cl)c3)c2n1. The van der Waals surface area contributed by atoms with Gasteiger partial charge in [-0.15, -0.1) is 0 Å². The first-order valence-corrected chi connectivity index (χ1v) is 7.59. The van der Waals surface area contributed by atoms with Gasteiger partial charge in [0.05, 0.1) is 10.0 Å². The fourth-order valence-corrected chi connectivity index (χ4v) is 2.42. The number of fused-ring (bicyclic) bond motifs is 1. The van der Waals surface area contributed by atoms with Gasteiger partial charge in [0.2, 0.25) is 0 Å². The Morgan fingerprint density at radius 2 is 1.91 bits per heavy atom. The second kappa shape index (κ2) is 6.44. The van der Waals surface area contributed by atoms with Crippen molar-refractivity contribution in [2.75, 3.05) is 5.32 Å². The second-order valence-corrected chi connectivity index (χ2v) is 5.74. The summed E-state index contributed by atoms with van der Waals surface area (Å²) in [7, 11) is 0. The first kappa shape index (κ1) is 15.6. The molecule has 0 aliphatic carbocycles. The summed E-state index contributed by atoms with van der Waals surface area (Å²) < 4.78 is 5.37. The lowest BCUT2D eigenvalue weighted by Gasteiger charge is -2.09. The van der Waals surface area contributed by atoms with Gasteiger partial charge in [0.25, 0.3) is 0 Å². The molecule has 0 saturated carbocycles. The molecule has 1 N–H and O–H groups in total. The van der Waals surface area contributed by atoms with Crippen molar-refractivity contribution in [1.82, 2.24) is 4.98 Å². The molecular weight excluding hydrogens is 335 g/mol. The molecule has 0 aliphatic rings. The summed E-state index contributed by atoms with van der Waals surface area (Å²) in [5.41, 5.74) is 1.98. The molecule has 3 aromatic rings. The van der Waals surface area contributed by atoms with Crippen LogP contribution in [0.15, 0.2) is 48.5 Å². The summed E-state index contributed by atoms with van der Waals surface area (Å²) in [4.78, 5) is 16.5. The smallest absolute Gasteiger partial charge is 0.408 e. The molecule has 0 unspecified atom stereocenters. The molecule has 1 amide bonds. The van der Waals surface area contributed by atoms with Crippen LogP contribution in [-0.4, -0.2) is 11.1 Å². The Bertz CT molecular complexity index is 897. The molecular formula is C17H12Cl2N2O2. The Labute approximate surface area is 143 Å². The molecule has 0 radical (unpaired) electrons. The average Bonchev–Trinajstić information content (AvgIpc) is 2.51. The third kappa shape index (κ3) is 3.55. The molecule has 1 aromatic heterocycles. The number of hydrogen-bond acceptors (Lipinski definition) is 3. The number of amides is 1.